The molecule has 5 nitrogen and oxygen atoms in total. The maximum atomic E-state index is 12.7. The van der Waals surface area contributed by atoms with Crippen molar-refractivity contribution < 1.29 is 22.7 Å². The van der Waals surface area contributed by atoms with Crippen LogP contribution in [0.4, 0.5) is 0 Å². The molecule has 1 atom stereocenters. The van der Waals surface area contributed by atoms with Crippen molar-refractivity contribution >= 4 is 31.3 Å². The molecule has 0 radical (unpaired) electrons. The maximum absolute atomic E-state index is 12.7. The molecule has 2 aromatic rings. The largest absolute Gasteiger partial charge is 0.495 e. The number of ether oxygens (including phenoxy) is 1. The van der Waals surface area contributed by atoms with Crippen LogP contribution in [0.1, 0.15) is 28.8 Å². The topological polar surface area (TPSA) is 77.5 Å². The van der Waals surface area contributed by atoms with Gasteiger partial charge in [0.2, 0.25) is 0 Å². The number of rotatable bonds is 6. The van der Waals surface area contributed by atoms with Gasteiger partial charge in [0.15, 0.2) is 5.78 Å². The molecule has 0 spiro atoms. The van der Waals surface area contributed by atoms with E-state index in [1.807, 2.05) is 0 Å². The highest BCUT2D eigenvalue weighted by Gasteiger charge is 2.28. The number of methoxy groups -OCH3 is 1. The summed E-state index contributed by atoms with van der Waals surface area (Å²) in [6, 6.07) is 12.4. The van der Waals surface area contributed by atoms with Crippen LogP contribution in [-0.2, 0) is 13.8 Å². The lowest BCUT2D eigenvalue weighted by Gasteiger charge is -2.15. The Kier molecular flexibility index (Phi) is 5.41. The lowest BCUT2D eigenvalue weighted by atomic mass is 9.88. The third kappa shape index (κ3) is 3.83. The zero-order valence-corrected chi connectivity index (χ0v) is 14.6. The first-order valence-corrected chi connectivity index (χ1v) is 9.29. The van der Waals surface area contributed by atoms with Gasteiger partial charge in [-0.3, -0.25) is 9.59 Å². The van der Waals surface area contributed by atoms with Crippen molar-refractivity contribution in [2.24, 2.45) is 0 Å². The second-order valence-electron chi connectivity index (χ2n) is 5.12. The monoisotopic (exact) mass is 366 g/mol. The second-order valence-corrected chi connectivity index (χ2v) is 7.66. The molecule has 0 aromatic heterocycles. The fourth-order valence-electron chi connectivity index (χ4n) is 2.40. The van der Waals surface area contributed by atoms with Crippen molar-refractivity contribution in [3.05, 3.63) is 59.7 Å². The van der Waals surface area contributed by atoms with Crippen LogP contribution in [0.3, 0.4) is 0 Å². The molecular formula is C17H15ClO5S. The summed E-state index contributed by atoms with van der Waals surface area (Å²) < 4.78 is 28.4. The van der Waals surface area contributed by atoms with E-state index >= 15 is 0 Å². The number of carbonyl (C=O) groups excluding carboxylic acids is 2. The molecule has 0 heterocycles. The van der Waals surface area contributed by atoms with E-state index in [2.05, 4.69) is 0 Å². The molecule has 7 heteroatoms. The number of benzene rings is 2. The highest BCUT2D eigenvalue weighted by molar-refractivity contribution is 8.13. The van der Waals surface area contributed by atoms with Crippen molar-refractivity contribution in [3.63, 3.8) is 0 Å². The second kappa shape index (κ2) is 7.15. The van der Waals surface area contributed by atoms with Gasteiger partial charge in [-0.1, -0.05) is 36.4 Å². The molecule has 126 valence electrons. The fraction of sp³-hybridized carbons (Fsp3) is 0.176. The maximum Gasteiger partial charge on any atom is 0.264 e. The van der Waals surface area contributed by atoms with E-state index in [4.69, 9.17) is 15.4 Å². The van der Waals surface area contributed by atoms with Crippen LogP contribution in [0.15, 0.2) is 53.4 Å². The zero-order valence-electron chi connectivity index (χ0n) is 13.0. The van der Waals surface area contributed by atoms with E-state index in [0.717, 1.165) is 0 Å². The highest BCUT2D eigenvalue weighted by atomic mass is 35.7. The Morgan fingerprint density at radius 3 is 2.21 bits per heavy atom. The molecule has 24 heavy (non-hydrogen) atoms. The number of halogens is 1. The first kappa shape index (κ1) is 18.2. The summed E-state index contributed by atoms with van der Waals surface area (Å²) in [5.41, 5.74) is 0.611. The summed E-state index contributed by atoms with van der Waals surface area (Å²) in [6.45, 7) is 1.28. The van der Waals surface area contributed by atoms with Crippen molar-refractivity contribution in [2.45, 2.75) is 17.7 Å². The van der Waals surface area contributed by atoms with Gasteiger partial charge in [-0.2, -0.15) is 0 Å². The minimum absolute atomic E-state index is 0.0446. The number of Topliss-reactive ketones (excluding diaryl/α,β-unsaturated/α-hetero) is 2. The van der Waals surface area contributed by atoms with Gasteiger partial charge in [0, 0.05) is 16.2 Å². The van der Waals surface area contributed by atoms with Gasteiger partial charge in [0.1, 0.15) is 22.3 Å². The van der Waals surface area contributed by atoms with Gasteiger partial charge in [-0.15, -0.1) is 0 Å². The molecule has 0 aliphatic heterocycles. The van der Waals surface area contributed by atoms with Crippen LogP contribution in [0, 0.1) is 0 Å². The lowest BCUT2D eigenvalue weighted by Crippen LogP contribution is -2.20. The summed E-state index contributed by atoms with van der Waals surface area (Å²) in [5, 5.41) is 0. The van der Waals surface area contributed by atoms with E-state index in [-0.39, 0.29) is 16.2 Å². The average Bonchev–Trinajstić information content (AvgIpc) is 2.54. The van der Waals surface area contributed by atoms with Crippen LogP contribution in [0.25, 0.3) is 0 Å². The van der Waals surface area contributed by atoms with Crippen LogP contribution in [-0.4, -0.2) is 27.1 Å². The van der Waals surface area contributed by atoms with Gasteiger partial charge in [0.25, 0.3) is 9.05 Å². The van der Waals surface area contributed by atoms with Gasteiger partial charge in [-0.05, 0) is 24.6 Å². The van der Waals surface area contributed by atoms with Crippen LogP contribution >= 0.6 is 10.7 Å². The molecule has 0 amide bonds. The van der Waals surface area contributed by atoms with Crippen molar-refractivity contribution in [2.75, 3.05) is 7.11 Å². The molecule has 2 aromatic carbocycles. The quantitative estimate of drug-likeness (QED) is 0.445. The Hall–Kier alpha value is -2.18. The lowest BCUT2D eigenvalue weighted by molar-refractivity contribution is -0.117. The summed E-state index contributed by atoms with van der Waals surface area (Å²) in [5.74, 6) is -1.88. The number of ketones is 2. The third-order valence-corrected chi connectivity index (χ3v) is 4.85. The SMILES string of the molecule is COc1ccc(C(C(C)=O)C(=O)c2ccccc2)cc1S(=O)(=O)Cl. The number of hydrogen-bond acceptors (Lipinski definition) is 5. The summed E-state index contributed by atoms with van der Waals surface area (Å²) in [6.07, 6.45) is 0. The first-order chi connectivity index (χ1) is 11.3. The summed E-state index contributed by atoms with van der Waals surface area (Å²) in [7, 11) is 2.63. The van der Waals surface area contributed by atoms with Crippen molar-refractivity contribution in [1.82, 2.24) is 0 Å². The van der Waals surface area contributed by atoms with Crippen LogP contribution in [0.5, 0.6) is 5.75 Å². The minimum atomic E-state index is -4.09. The smallest absolute Gasteiger partial charge is 0.264 e. The standard InChI is InChI=1S/C17H15ClO5S/c1-11(19)16(17(20)12-6-4-3-5-7-12)13-8-9-14(23-2)15(10-13)24(18,21)22/h3-10,16H,1-2H3. The van der Waals surface area contributed by atoms with Gasteiger partial charge in [-0.25, -0.2) is 8.42 Å². The van der Waals surface area contributed by atoms with E-state index in [1.54, 1.807) is 30.3 Å². The van der Waals surface area contributed by atoms with Crippen LogP contribution < -0.4 is 4.74 Å². The molecule has 0 N–H and O–H groups in total. The predicted octanol–water partition coefficient (Wildman–Crippen LogP) is 3.18. The zero-order chi connectivity index (χ0) is 17.9. The van der Waals surface area contributed by atoms with E-state index < -0.39 is 26.5 Å². The third-order valence-electron chi connectivity index (χ3n) is 3.51. The highest BCUT2D eigenvalue weighted by Crippen LogP contribution is 2.32. The Balaban J connectivity index is 2.57. The molecular weight excluding hydrogens is 352 g/mol. The van der Waals surface area contributed by atoms with Crippen molar-refractivity contribution in [3.8, 4) is 5.75 Å². The predicted molar refractivity (Wildman–Crippen MR) is 90.2 cm³/mol. The van der Waals surface area contributed by atoms with E-state index in [0.29, 0.717) is 5.56 Å². The van der Waals surface area contributed by atoms with E-state index in [9.17, 15) is 18.0 Å². The van der Waals surface area contributed by atoms with Crippen LogP contribution in [0.2, 0.25) is 0 Å². The minimum Gasteiger partial charge on any atom is -0.495 e. The average molecular weight is 367 g/mol. The Morgan fingerprint density at radius 1 is 1.08 bits per heavy atom. The van der Waals surface area contributed by atoms with Gasteiger partial charge >= 0.3 is 0 Å². The number of carbonyl (C=O) groups is 2. The fourth-order valence-corrected chi connectivity index (χ4v) is 3.43. The van der Waals surface area contributed by atoms with Gasteiger partial charge in [0.05, 0.1) is 7.11 Å². The molecule has 0 saturated heterocycles. The van der Waals surface area contributed by atoms with E-state index in [1.165, 1.54) is 32.2 Å². The first-order valence-electron chi connectivity index (χ1n) is 6.98. The summed E-state index contributed by atoms with van der Waals surface area (Å²) >= 11 is 0. The summed E-state index contributed by atoms with van der Waals surface area (Å²) in [4.78, 5) is 24.4. The molecule has 2 rings (SSSR count). The normalized spacial score (nSPS) is 12.5. The van der Waals surface area contributed by atoms with Gasteiger partial charge < -0.3 is 4.74 Å². The van der Waals surface area contributed by atoms with Crippen molar-refractivity contribution in [1.29, 1.82) is 0 Å². The molecule has 1 unspecified atom stereocenters. The molecule has 0 bridgehead atoms. The number of hydrogen-bond donors (Lipinski definition) is 0. The molecule has 0 fully saturated rings. The molecule has 0 saturated carbocycles. The molecule has 0 aliphatic rings. The Morgan fingerprint density at radius 2 is 1.71 bits per heavy atom. The Bertz CT molecular complexity index is 875. The molecule has 0 aliphatic carbocycles. The Labute approximate surface area is 144 Å².